The van der Waals surface area contributed by atoms with E-state index in [9.17, 15) is 4.79 Å². The van der Waals surface area contributed by atoms with Gasteiger partial charge in [-0.15, -0.1) is 12.3 Å². The van der Waals surface area contributed by atoms with Crippen molar-refractivity contribution in [2.45, 2.75) is 19.8 Å². The highest BCUT2D eigenvalue weighted by atomic mass is 16.5. The van der Waals surface area contributed by atoms with Gasteiger partial charge in [-0.05, 0) is 24.6 Å². The van der Waals surface area contributed by atoms with E-state index in [0.29, 0.717) is 24.2 Å². The molecule has 0 unspecified atom stereocenters. The minimum atomic E-state index is 0.0322. The maximum Gasteiger partial charge on any atom is 0.167 e. The lowest BCUT2D eigenvalue weighted by Crippen LogP contribution is -2.02. The molecule has 0 N–H and O–H groups in total. The number of carbonyl (C=O) groups excluding carboxylic acids is 1. The van der Waals surface area contributed by atoms with E-state index >= 15 is 0 Å². The maximum absolute atomic E-state index is 11.7. The monoisotopic (exact) mass is 202 g/mol. The summed E-state index contributed by atoms with van der Waals surface area (Å²) in [7, 11) is 1.56. The standard InChI is InChI=1S/C13H14O2/c1-4-5-6-12(14)11-8-7-10(2)9-13(11)15-3/h1,7-9H,5-6H2,2-3H3. The van der Waals surface area contributed by atoms with Gasteiger partial charge in [-0.25, -0.2) is 0 Å². The average Bonchev–Trinajstić information content (AvgIpc) is 2.25. The maximum atomic E-state index is 11.7. The lowest BCUT2D eigenvalue weighted by Gasteiger charge is -2.07. The molecule has 0 heterocycles. The number of ketones is 1. The van der Waals surface area contributed by atoms with Gasteiger partial charge in [0.15, 0.2) is 5.78 Å². The van der Waals surface area contributed by atoms with Crippen LogP contribution in [0.5, 0.6) is 5.75 Å². The van der Waals surface area contributed by atoms with Crippen molar-refractivity contribution in [2.75, 3.05) is 7.11 Å². The van der Waals surface area contributed by atoms with Crippen molar-refractivity contribution in [1.29, 1.82) is 0 Å². The fraction of sp³-hybridized carbons (Fsp3) is 0.308. The zero-order chi connectivity index (χ0) is 11.3. The number of carbonyl (C=O) groups is 1. The second-order valence-electron chi connectivity index (χ2n) is 3.33. The van der Waals surface area contributed by atoms with Gasteiger partial charge >= 0.3 is 0 Å². The minimum absolute atomic E-state index is 0.0322. The molecule has 2 heteroatoms. The van der Waals surface area contributed by atoms with E-state index in [0.717, 1.165) is 5.56 Å². The minimum Gasteiger partial charge on any atom is -0.496 e. The summed E-state index contributed by atoms with van der Waals surface area (Å²) < 4.78 is 5.15. The molecule has 0 spiro atoms. The number of Topliss-reactive ketones (excluding diaryl/α,β-unsaturated/α-hetero) is 1. The van der Waals surface area contributed by atoms with Crippen LogP contribution in [0.1, 0.15) is 28.8 Å². The summed E-state index contributed by atoms with van der Waals surface area (Å²) in [6, 6.07) is 5.53. The molecule has 0 saturated carbocycles. The summed E-state index contributed by atoms with van der Waals surface area (Å²) in [4.78, 5) is 11.7. The molecule has 0 aromatic heterocycles. The summed E-state index contributed by atoms with van der Waals surface area (Å²) in [5.41, 5.74) is 1.68. The Hall–Kier alpha value is -1.75. The molecule has 0 radical (unpaired) electrons. The molecule has 1 aromatic rings. The molecule has 15 heavy (non-hydrogen) atoms. The Morgan fingerprint density at radius 1 is 1.53 bits per heavy atom. The zero-order valence-corrected chi connectivity index (χ0v) is 9.04. The highest BCUT2D eigenvalue weighted by Crippen LogP contribution is 2.21. The SMILES string of the molecule is C#CCCC(=O)c1ccc(C)cc1OC. The van der Waals surface area contributed by atoms with E-state index in [4.69, 9.17) is 11.2 Å². The fourth-order valence-corrected chi connectivity index (χ4v) is 1.35. The Morgan fingerprint density at radius 2 is 2.27 bits per heavy atom. The van der Waals surface area contributed by atoms with Crippen molar-refractivity contribution >= 4 is 5.78 Å². The summed E-state index contributed by atoms with van der Waals surface area (Å²) in [6.07, 6.45) is 5.96. The highest BCUT2D eigenvalue weighted by molar-refractivity contribution is 5.98. The number of methoxy groups -OCH3 is 1. The van der Waals surface area contributed by atoms with Crippen LogP contribution < -0.4 is 4.74 Å². The van der Waals surface area contributed by atoms with E-state index < -0.39 is 0 Å². The Balaban J connectivity index is 2.93. The molecule has 0 atom stereocenters. The molecule has 0 saturated heterocycles. The van der Waals surface area contributed by atoms with Gasteiger partial charge in [0.25, 0.3) is 0 Å². The topological polar surface area (TPSA) is 26.3 Å². The van der Waals surface area contributed by atoms with Crippen LogP contribution in [0.3, 0.4) is 0 Å². The quantitative estimate of drug-likeness (QED) is 0.554. The molecule has 0 bridgehead atoms. The largest absolute Gasteiger partial charge is 0.496 e. The van der Waals surface area contributed by atoms with Crippen LogP contribution in [0.4, 0.5) is 0 Å². The van der Waals surface area contributed by atoms with Crippen molar-refractivity contribution < 1.29 is 9.53 Å². The van der Waals surface area contributed by atoms with Crippen LogP contribution in [-0.4, -0.2) is 12.9 Å². The summed E-state index contributed by atoms with van der Waals surface area (Å²) in [6.45, 7) is 1.96. The number of benzene rings is 1. The van der Waals surface area contributed by atoms with Gasteiger partial charge in [0.05, 0.1) is 12.7 Å². The van der Waals surface area contributed by atoms with Crippen LogP contribution in [0.2, 0.25) is 0 Å². The first-order chi connectivity index (χ1) is 7.19. The number of rotatable bonds is 4. The van der Waals surface area contributed by atoms with Crippen LogP contribution >= 0.6 is 0 Å². The first-order valence-electron chi connectivity index (χ1n) is 4.80. The van der Waals surface area contributed by atoms with Crippen molar-refractivity contribution in [2.24, 2.45) is 0 Å². The number of aryl methyl sites for hydroxylation is 1. The summed E-state index contributed by atoms with van der Waals surface area (Å²) in [5, 5.41) is 0. The van der Waals surface area contributed by atoms with E-state index in [-0.39, 0.29) is 5.78 Å². The molecule has 0 aliphatic heterocycles. The predicted octanol–water partition coefficient (Wildman–Crippen LogP) is 2.60. The second-order valence-corrected chi connectivity index (χ2v) is 3.33. The predicted molar refractivity (Wildman–Crippen MR) is 60.1 cm³/mol. The average molecular weight is 202 g/mol. The molecule has 78 valence electrons. The van der Waals surface area contributed by atoms with Gasteiger partial charge in [0.1, 0.15) is 5.75 Å². The van der Waals surface area contributed by atoms with Crippen molar-refractivity contribution in [3.05, 3.63) is 29.3 Å². The normalized spacial score (nSPS) is 9.40. The second kappa shape index (κ2) is 5.21. The van der Waals surface area contributed by atoms with Gasteiger partial charge in [-0.2, -0.15) is 0 Å². The molecule has 0 fully saturated rings. The zero-order valence-electron chi connectivity index (χ0n) is 9.04. The third-order valence-electron chi connectivity index (χ3n) is 2.15. The van der Waals surface area contributed by atoms with Crippen LogP contribution in [0.25, 0.3) is 0 Å². The summed E-state index contributed by atoms with van der Waals surface area (Å²) in [5.74, 6) is 3.11. The van der Waals surface area contributed by atoms with Gasteiger partial charge in [0, 0.05) is 12.8 Å². The molecule has 0 aliphatic rings. The Bertz CT molecular complexity index is 399. The Kier molecular flexibility index (Phi) is 3.93. The van der Waals surface area contributed by atoms with Crippen LogP contribution in [-0.2, 0) is 0 Å². The number of hydrogen-bond acceptors (Lipinski definition) is 2. The van der Waals surface area contributed by atoms with Gasteiger partial charge in [-0.3, -0.25) is 4.79 Å². The molecule has 0 amide bonds. The fourth-order valence-electron chi connectivity index (χ4n) is 1.35. The molecular formula is C13H14O2. The number of hydrogen-bond donors (Lipinski definition) is 0. The first kappa shape index (κ1) is 11.3. The molecule has 1 rings (SSSR count). The lowest BCUT2D eigenvalue weighted by atomic mass is 10.0. The molecular weight excluding hydrogens is 188 g/mol. The van der Waals surface area contributed by atoms with Crippen molar-refractivity contribution in [3.8, 4) is 18.1 Å². The smallest absolute Gasteiger partial charge is 0.167 e. The van der Waals surface area contributed by atoms with E-state index in [1.807, 2.05) is 19.1 Å². The summed E-state index contributed by atoms with van der Waals surface area (Å²) >= 11 is 0. The third kappa shape index (κ3) is 2.85. The van der Waals surface area contributed by atoms with Gasteiger partial charge in [-0.1, -0.05) is 6.07 Å². The van der Waals surface area contributed by atoms with Crippen molar-refractivity contribution in [3.63, 3.8) is 0 Å². The lowest BCUT2D eigenvalue weighted by molar-refractivity contribution is 0.0981. The molecule has 2 nitrogen and oxygen atoms in total. The van der Waals surface area contributed by atoms with Gasteiger partial charge in [0.2, 0.25) is 0 Å². The highest BCUT2D eigenvalue weighted by Gasteiger charge is 2.11. The Morgan fingerprint density at radius 3 is 2.87 bits per heavy atom. The van der Waals surface area contributed by atoms with E-state index in [2.05, 4.69) is 5.92 Å². The molecule has 0 aliphatic carbocycles. The number of ether oxygens (including phenoxy) is 1. The first-order valence-corrected chi connectivity index (χ1v) is 4.80. The van der Waals surface area contributed by atoms with Crippen LogP contribution in [0.15, 0.2) is 18.2 Å². The van der Waals surface area contributed by atoms with Gasteiger partial charge < -0.3 is 4.74 Å². The van der Waals surface area contributed by atoms with Crippen LogP contribution in [0, 0.1) is 19.3 Å². The number of terminal acetylenes is 1. The Labute approximate surface area is 90.3 Å². The van der Waals surface area contributed by atoms with E-state index in [1.165, 1.54) is 0 Å². The van der Waals surface area contributed by atoms with E-state index in [1.54, 1.807) is 13.2 Å². The third-order valence-corrected chi connectivity index (χ3v) is 2.15. The van der Waals surface area contributed by atoms with Crippen molar-refractivity contribution in [1.82, 2.24) is 0 Å². The molecule has 1 aromatic carbocycles.